The van der Waals surface area contributed by atoms with Gasteiger partial charge >= 0.3 is 6.01 Å². The number of rotatable bonds is 6. The molecule has 144 valence electrons. The highest BCUT2D eigenvalue weighted by molar-refractivity contribution is 5.75. The number of methoxy groups -OCH3 is 1. The summed E-state index contributed by atoms with van der Waals surface area (Å²) in [5, 5.41) is 2.69. The van der Waals surface area contributed by atoms with Crippen molar-refractivity contribution in [2.45, 2.75) is 20.0 Å². The molecule has 0 radical (unpaired) electrons. The average molecular weight is 375 g/mol. The summed E-state index contributed by atoms with van der Waals surface area (Å²) in [4.78, 5) is 42.7. The number of carbonyl (C=O) groups excluding carboxylic acids is 1. The second-order valence-corrected chi connectivity index (χ2v) is 5.91. The van der Waals surface area contributed by atoms with Crippen LogP contribution in [0.3, 0.4) is 0 Å². The number of nitrogens with one attached hydrogen (secondary N) is 1. The highest BCUT2D eigenvalue weighted by atomic mass is 16.5. The van der Waals surface area contributed by atoms with E-state index in [4.69, 9.17) is 9.47 Å². The number of nitrogens with zero attached hydrogens (tertiary/aromatic N) is 6. The van der Waals surface area contributed by atoms with Crippen molar-refractivity contribution >= 4 is 11.9 Å². The Bertz CT molecular complexity index is 864. The van der Waals surface area contributed by atoms with E-state index >= 15 is 0 Å². The fourth-order valence-electron chi connectivity index (χ4n) is 2.49. The molecule has 0 aliphatic carbocycles. The third-order valence-corrected chi connectivity index (χ3v) is 3.90. The summed E-state index contributed by atoms with van der Waals surface area (Å²) >= 11 is 0. The molecule has 11 heteroatoms. The van der Waals surface area contributed by atoms with Crippen molar-refractivity contribution in [3.63, 3.8) is 0 Å². The zero-order valence-corrected chi connectivity index (χ0v) is 15.2. The van der Waals surface area contributed by atoms with Crippen LogP contribution in [0, 0.1) is 6.92 Å². The molecule has 2 aromatic rings. The van der Waals surface area contributed by atoms with Crippen LogP contribution in [-0.2, 0) is 22.6 Å². The molecule has 11 nitrogen and oxygen atoms in total. The summed E-state index contributed by atoms with van der Waals surface area (Å²) in [5.41, 5.74) is 0.318. The van der Waals surface area contributed by atoms with Gasteiger partial charge in [-0.2, -0.15) is 15.0 Å². The summed E-state index contributed by atoms with van der Waals surface area (Å²) in [6, 6.07) is 1.55. The van der Waals surface area contributed by atoms with Crippen molar-refractivity contribution < 1.29 is 14.3 Å². The Hall–Kier alpha value is -3.08. The standard InChI is InChI=1S/C16H21N7O4/c1-11-7-14(25)23(10-18-11)9-13(24)17-8-12-19-15(21-16(20-12)26-2)22-3-5-27-6-4-22/h7,10H,3-6,8-9H2,1-2H3,(H,17,24). The maximum absolute atomic E-state index is 12.1. The molecule has 27 heavy (non-hydrogen) atoms. The molecule has 1 N–H and O–H groups in total. The van der Waals surface area contributed by atoms with E-state index < -0.39 is 0 Å². The molecule has 1 saturated heterocycles. The first kappa shape index (κ1) is 18.7. The zero-order chi connectivity index (χ0) is 19.2. The molecule has 0 saturated carbocycles. The number of aromatic nitrogens is 5. The van der Waals surface area contributed by atoms with Gasteiger partial charge in [-0.25, -0.2) is 4.98 Å². The number of hydrogen-bond donors (Lipinski definition) is 1. The van der Waals surface area contributed by atoms with Crippen molar-refractivity contribution in [2.24, 2.45) is 0 Å². The first-order valence-corrected chi connectivity index (χ1v) is 8.46. The number of morpholine rings is 1. The van der Waals surface area contributed by atoms with Gasteiger partial charge < -0.3 is 19.7 Å². The van der Waals surface area contributed by atoms with Crippen molar-refractivity contribution in [3.05, 3.63) is 34.3 Å². The van der Waals surface area contributed by atoms with Gasteiger partial charge in [0.1, 0.15) is 6.54 Å². The molecule has 1 aliphatic heterocycles. The monoisotopic (exact) mass is 375 g/mol. The van der Waals surface area contributed by atoms with Gasteiger partial charge in [0.25, 0.3) is 5.56 Å². The molecule has 0 unspecified atom stereocenters. The van der Waals surface area contributed by atoms with Crippen LogP contribution in [0.15, 0.2) is 17.2 Å². The van der Waals surface area contributed by atoms with E-state index in [0.29, 0.717) is 43.8 Å². The lowest BCUT2D eigenvalue weighted by molar-refractivity contribution is -0.121. The van der Waals surface area contributed by atoms with Crippen LogP contribution < -0.4 is 20.5 Å². The number of carbonyl (C=O) groups is 1. The Labute approximate surface area is 155 Å². The number of ether oxygens (including phenoxy) is 2. The Morgan fingerprint density at radius 1 is 1.30 bits per heavy atom. The van der Waals surface area contributed by atoms with Crippen LogP contribution in [0.25, 0.3) is 0 Å². The molecule has 2 aromatic heterocycles. The Morgan fingerprint density at radius 3 is 2.78 bits per heavy atom. The van der Waals surface area contributed by atoms with E-state index in [2.05, 4.69) is 25.3 Å². The topological polar surface area (TPSA) is 124 Å². The summed E-state index contributed by atoms with van der Waals surface area (Å²) in [6.07, 6.45) is 1.35. The third-order valence-electron chi connectivity index (χ3n) is 3.90. The number of amides is 1. The van der Waals surface area contributed by atoms with E-state index in [-0.39, 0.29) is 30.6 Å². The van der Waals surface area contributed by atoms with Gasteiger partial charge in [0, 0.05) is 24.8 Å². The van der Waals surface area contributed by atoms with Gasteiger partial charge in [-0.05, 0) is 6.92 Å². The minimum atomic E-state index is -0.352. The van der Waals surface area contributed by atoms with Crippen molar-refractivity contribution in [1.82, 2.24) is 29.8 Å². The Kier molecular flexibility index (Phi) is 5.91. The summed E-state index contributed by atoms with van der Waals surface area (Å²) in [5.74, 6) is 0.495. The Balaban J connectivity index is 1.65. The number of hydrogen-bond acceptors (Lipinski definition) is 9. The molecule has 1 fully saturated rings. The van der Waals surface area contributed by atoms with Gasteiger partial charge in [0.15, 0.2) is 5.82 Å². The van der Waals surface area contributed by atoms with Crippen molar-refractivity contribution in [2.75, 3.05) is 38.3 Å². The largest absolute Gasteiger partial charge is 0.467 e. The summed E-state index contributed by atoms with van der Waals surface area (Å²) in [7, 11) is 1.47. The molecular formula is C16H21N7O4. The highest BCUT2D eigenvalue weighted by Crippen LogP contribution is 2.13. The quantitative estimate of drug-likeness (QED) is 0.670. The molecular weight excluding hydrogens is 354 g/mol. The molecule has 3 heterocycles. The third kappa shape index (κ3) is 4.97. The maximum Gasteiger partial charge on any atom is 0.321 e. The van der Waals surface area contributed by atoms with E-state index in [0.717, 1.165) is 0 Å². The first-order chi connectivity index (χ1) is 13.0. The predicted octanol–water partition coefficient (Wildman–Crippen LogP) is -1.10. The van der Waals surface area contributed by atoms with Crippen LogP contribution >= 0.6 is 0 Å². The second-order valence-electron chi connectivity index (χ2n) is 5.91. The minimum Gasteiger partial charge on any atom is -0.467 e. The molecule has 1 aliphatic rings. The van der Waals surface area contributed by atoms with E-state index in [1.54, 1.807) is 6.92 Å². The van der Waals surface area contributed by atoms with Gasteiger partial charge in [0.2, 0.25) is 11.9 Å². The first-order valence-electron chi connectivity index (χ1n) is 8.46. The summed E-state index contributed by atoms with van der Waals surface area (Å²) < 4.78 is 11.7. The van der Waals surface area contributed by atoms with E-state index in [9.17, 15) is 9.59 Å². The SMILES string of the molecule is COc1nc(CNC(=O)Cn2cnc(C)cc2=O)nc(N2CCOCC2)n1. The minimum absolute atomic E-state index is 0.0864. The second kappa shape index (κ2) is 8.54. The van der Waals surface area contributed by atoms with Gasteiger partial charge in [-0.3, -0.25) is 14.2 Å². The van der Waals surface area contributed by atoms with Gasteiger partial charge in [0.05, 0.1) is 33.2 Å². The Morgan fingerprint density at radius 2 is 2.07 bits per heavy atom. The molecule has 0 bridgehead atoms. The van der Waals surface area contributed by atoms with Crippen molar-refractivity contribution in [1.29, 1.82) is 0 Å². The molecule has 0 aromatic carbocycles. The van der Waals surface area contributed by atoms with Crippen molar-refractivity contribution in [3.8, 4) is 6.01 Å². The zero-order valence-electron chi connectivity index (χ0n) is 15.2. The lowest BCUT2D eigenvalue weighted by Crippen LogP contribution is -2.38. The predicted molar refractivity (Wildman–Crippen MR) is 94.5 cm³/mol. The number of aryl methyl sites for hydroxylation is 1. The highest BCUT2D eigenvalue weighted by Gasteiger charge is 2.17. The fraction of sp³-hybridized carbons (Fsp3) is 0.500. The molecule has 0 atom stereocenters. The number of anilines is 1. The smallest absolute Gasteiger partial charge is 0.321 e. The molecule has 1 amide bonds. The van der Waals surface area contributed by atoms with Gasteiger partial charge in [-0.1, -0.05) is 0 Å². The van der Waals surface area contributed by atoms with Gasteiger partial charge in [-0.15, -0.1) is 0 Å². The molecule has 0 spiro atoms. The van der Waals surface area contributed by atoms with Crippen LogP contribution in [0.5, 0.6) is 6.01 Å². The average Bonchev–Trinajstić information content (AvgIpc) is 2.69. The lowest BCUT2D eigenvalue weighted by atomic mass is 10.4. The lowest BCUT2D eigenvalue weighted by Gasteiger charge is -2.26. The normalized spacial score (nSPS) is 14.1. The van der Waals surface area contributed by atoms with Crippen LogP contribution in [0.2, 0.25) is 0 Å². The van der Waals surface area contributed by atoms with Crippen LogP contribution in [0.4, 0.5) is 5.95 Å². The fourth-order valence-corrected chi connectivity index (χ4v) is 2.49. The van der Waals surface area contributed by atoms with E-state index in [1.165, 1.54) is 24.1 Å². The summed E-state index contributed by atoms with van der Waals surface area (Å²) in [6.45, 7) is 4.20. The molecule has 3 rings (SSSR count). The van der Waals surface area contributed by atoms with E-state index in [1.807, 2.05) is 4.90 Å². The van der Waals surface area contributed by atoms with Crippen LogP contribution in [0.1, 0.15) is 11.5 Å². The van der Waals surface area contributed by atoms with Crippen LogP contribution in [-0.4, -0.2) is 63.8 Å². The maximum atomic E-state index is 12.1.